The predicted molar refractivity (Wildman–Crippen MR) is 96.9 cm³/mol. The standard InChI is InChI=1S/C17H22ClN5O2/c1-11(2)10-23-16(18)13(12(3)21-23)7-8-15(24)19-20-17(25)14-6-5-9-22(14)4/h5-9,11H,10H2,1-4H3,(H,19,24)(H,20,25)/b8-7+. The zero-order valence-corrected chi connectivity index (χ0v) is 15.5. The first-order valence-electron chi connectivity index (χ1n) is 7.92. The van der Waals surface area contributed by atoms with Crippen molar-refractivity contribution in [1.29, 1.82) is 0 Å². The Morgan fingerprint density at radius 2 is 2.08 bits per heavy atom. The highest BCUT2D eigenvalue weighted by Gasteiger charge is 2.13. The molecule has 0 saturated heterocycles. The highest BCUT2D eigenvalue weighted by Crippen LogP contribution is 2.22. The molecule has 2 rings (SSSR count). The summed E-state index contributed by atoms with van der Waals surface area (Å²) in [6.07, 6.45) is 4.64. The van der Waals surface area contributed by atoms with Gasteiger partial charge in [0.05, 0.1) is 5.69 Å². The van der Waals surface area contributed by atoms with Crippen molar-refractivity contribution >= 4 is 29.5 Å². The molecule has 8 heteroatoms. The summed E-state index contributed by atoms with van der Waals surface area (Å²) in [5.74, 6) is -0.451. The number of aromatic nitrogens is 3. The molecule has 0 atom stereocenters. The summed E-state index contributed by atoms with van der Waals surface area (Å²) in [5.41, 5.74) is 6.56. The summed E-state index contributed by atoms with van der Waals surface area (Å²) in [5, 5.41) is 4.86. The monoisotopic (exact) mass is 363 g/mol. The summed E-state index contributed by atoms with van der Waals surface area (Å²) in [6.45, 7) is 6.68. The Labute approximate surface area is 151 Å². The van der Waals surface area contributed by atoms with Crippen LogP contribution >= 0.6 is 11.6 Å². The third kappa shape index (κ3) is 4.73. The minimum absolute atomic E-state index is 0.395. The Balaban J connectivity index is 1.97. The van der Waals surface area contributed by atoms with Gasteiger partial charge in [-0.2, -0.15) is 5.10 Å². The molecule has 0 spiro atoms. The Bertz CT molecular complexity index is 804. The molecule has 2 N–H and O–H groups in total. The van der Waals surface area contributed by atoms with E-state index in [2.05, 4.69) is 29.8 Å². The van der Waals surface area contributed by atoms with Gasteiger partial charge in [0, 0.05) is 31.4 Å². The number of carbonyl (C=O) groups excluding carboxylic acids is 2. The van der Waals surface area contributed by atoms with E-state index in [0.717, 1.165) is 5.69 Å². The zero-order chi connectivity index (χ0) is 18.6. The van der Waals surface area contributed by atoms with Crippen LogP contribution in [-0.2, 0) is 18.4 Å². The van der Waals surface area contributed by atoms with Crippen LogP contribution in [0.5, 0.6) is 0 Å². The maximum absolute atomic E-state index is 11.9. The van der Waals surface area contributed by atoms with Gasteiger partial charge >= 0.3 is 0 Å². The van der Waals surface area contributed by atoms with Crippen LogP contribution in [0.3, 0.4) is 0 Å². The SMILES string of the molecule is Cc1nn(CC(C)C)c(Cl)c1/C=C/C(=O)NNC(=O)c1cccn1C. The average Bonchev–Trinajstić information content (AvgIpc) is 3.07. The van der Waals surface area contributed by atoms with Crippen molar-refractivity contribution in [2.24, 2.45) is 13.0 Å². The lowest BCUT2D eigenvalue weighted by molar-refractivity contribution is -0.117. The molecule has 2 aromatic rings. The van der Waals surface area contributed by atoms with Gasteiger partial charge < -0.3 is 4.57 Å². The van der Waals surface area contributed by atoms with Gasteiger partial charge in [-0.25, -0.2) is 0 Å². The maximum Gasteiger partial charge on any atom is 0.286 e. The number of halogens is 1. The first-order chi connectivity index (χ1) is 11.8. The summed E-state index contributed by atoms with van der Waals surface area (Å²) in [6, 6.07) is 3.40. The Hall–Kier alpha value is -2.54. The lowest BCUT2D eigenvalue weighted by Gasteiger charge is -2.06. The molecule has 2 heterocycles. The van der Waals surface area contributed by atoms with Crippen molar-refractivity contribution < 1.29 is 9.59 Å². The van der Waals surface area contributed by atoms with Crippen molar-refractivity contribution in [3.8, 4) is 0 Å². The van der Waals surface area contributed by atoms with Crippen molar-refractivity contribution in [2.45, 2.75) is 27.3 Å². The third-order valence-corrected chi connectivity index (χ3v) is 3.92. The molecule has 0 fully saturated rings. The number of rotatable bonds is 5. The molecular weight excluding hydrogens is 342 g/mol. The van der Waals surface area contributed by atoms with Gasteiger partial charge in [-0.3, -0.25) is 25.1 Å². The normalized spacial score (nSPS) is 11.3. The fourth-order valence-electron chi connectivity index (χ4n) is 2.30. The molecular formula is C17H22ClN5O2. The molecule has 2 amide bonds. The van der Waals surface area contributed by atoms with Crippen LogP contribution in [-0.4, -0.2) is 26.2 Å². The Morgan fingerprint density at radius 3 is 2.68 bits per heavy atom. The van der Waals surface area contributed by atoms with E-state index in [0.29, 0.717) is 28.9 Å². The van der Waals surface area contributed by atoms with Gasteiger partial charge in [0.1, 0.15) is 10.8 Å². The molecule has 0 radical (unpaired) electrons. The number of hydrogen-bond donors (Lipinski definition) is 2. The summed E-state index contributed by atoms with van der Waals surface area (Å²) < 4.78 is 3.37. The van der Waals surface area contributed by atoms with Gasteiger partial charge in [0.2, 0.25) is 0 Å². The molecule has 0 aliphatic carbocycles. The zero-order valence-electron chi connectivity index (χ0n) is 14.7. The smallest absolute Gasteiger partial charge is 0.286 e. The number of nitrogens with one attached hydrogen (secondary N) is 2. The molecule has 0 aromatic carbocycles. The van der Waals surface area contributed by atoms with E-state index >= 15 is 0 Å². The summed E-state index contributed by atoms with van der Waals surface area (Å²) in [7, 11) is 1.75. The molecule has 0 aliphatic rings. The van der Waals surface area contributed by atoms with Crippen LogP contribution in [0.1, 0.15) is 35.6 Å². The highest BCUT2D eigenvalue weighted by molar-refractivity contribution is 6.31. The van der Waals surface area contributed by atoms with Crippen LogP contribution in [0.2, 0.25) is 5.15 Å². The molecule has 0 bridgehead atoms. The van der Waals surface area contributed by atoms with E-state index in [1.165, 1.54) is 6.08 Å². The van der Waals surface area contributed by atoms with Gasteiger partial charge in [-0.05, 0) is 31.1 Å². The van der Waals surface area contributed by atoms with E-state index in [1.807, 2.05) is 6.92 Å². The Kier molecular flexibility index (Phi) is 6.03. The van der Waals surface area contributed by atoms with E-state index in [1.54, 1.807) is 40.7 Å². The van der Waals surface area contributed by atoms with Gasteiger partial charge in [0.15, 0.2) is 0 Å². The average molecular weight is 364 g/mol. The molecule has 2 aromatic heterocycles. The van der Waals surface area contributed by atoms with Crippen molar-refractivity contribution in [1.82, 2.24) is 25.2 Å². The second-order valence-electron chi connectivity index (χ2n) is 6.15. The molecule has 25 heavy (non-hydrogen) atoms. The van der Waals surface area contributed by atoms with Crippen LogP contribution in [0.15, 0.2) is 24.4 Å². The molecule has 0 saturated carbocycles. The highest BCUT2D eigenvalue weighted by atomic mass is 35.5. The second kappa shape index (κ2) is 8.02. The lowest BCUT2D eigenvalue weighted by Crippen LogP contribution is -2.41. The largest absolute Gasteiger partial charge is 0.347 e. The first-order valence-corrected chi connectivity index (χ1v) is 8.30. The quantitative estimate of drug-likeness (QED) is 0.631. The van der Waals surface area contributed by atoms with E-state index in [-0.39, 0.29) is 0 Å². The van der Waals surface area contributed by atoms with Gasteiger partial charge in [-0.15, -0.1) is 0 Å². The third-order valence-electron chi connectivity index (χ3n) is 3.52. The topological polar surface area (TPSA) is 81.0 Å². The maximum atomic E-state index is 11.9. The van der Waals surface area contributed by atoms with E-state index < -0.39 is 11.8 Å². The van der Waals surface area contributed by atoms with E-state index in [9.17, 15) is 9.59 Å². The summed E-state index contributed by atoms with van der Waals surface area (Å²) >= 11 is 6.31. The number of hydrogen-bond acceptors (Lipinski definition) is 3. The molecule has 7 nitrogen and oxygen atoms in total. The fourth-order valence-corrected chi connectivity index (χ4v) is 2.61. The minimum atomic E-state index is -0.463. The van der Waals surface area contributed by atoms with Crippen LogP contribution < -0.4 is 10.9 Å². The first kappa shape index (κ1) is 18.8. The second-order valence-corrected chi connectivity index (χ2v) is 6.50. The molecule has 134 valence electrons. The van der Waals surface area contributed by atoms with Gasteiger partial charge in [0.25, 0.3) is 11.8 Å². The van der Waals surface area contributed by atoms with Crippen molar-refractivity contribution in [3.63, 3.8) is 0 Å². The number of hydrazine groups is 1. The minimum Gasteiger partial charge on any atom is -0.347 e. The predicted octanol–water partition coefficient (Wildman–Crippen LogP) is 2.31. The molecule has 0 aliphatic heterocycles. The number of amides is 2. The van der Waals surface area contributed by atoms with Crippen molar-refractivity contribution in [2.75, 3.05) is 0 Å². The van der Waals surface area contributed by atoms with E-state index in [4.69, 9.17) is 11.6 Å². The van der Waals surface area contributed by atoms with Crippen molar-refractivity contribution in [3.05, 3.63) is 46.5 Å². The fraction of sp³-hybridized carbons (Fsp3) is 0.353. The number of aryl methyl sites for hydroxylation is 2. The Morgan fingerprint density at radius 1 is 1.36 bits per heavy atom. The van der Waals surface area contributed by atoms with Crippen LogP contribution in [0.25, 0.3) is 6.08 Å². The molecule has 0 unspecified atom stereocenters. The summed E-state index contributed by atoms with van der Waals surface area (Å²) in [4.78, 5) is 23.8. The number of nitrogens with zero attached hydrogens (tertiary/aromatic N) is 3. The lowest BCUT2D eigenvalue weighted by atomic mass is 10.2. The van der Waals surface area contributed by atoms with Crippen LogP contribution in [0.4, 0.5) is 0 Å². The number of carbonyl (C=O) groups is 2. The van der Waals surface area contributed by atoms with Gasteiger partial charge in [-0.1, -0.05) is 25.4 Å². The van der Waals surface area contributed by atoms with Crippen LogP contribution in [0, 0.1) is 12.8 Å².